The number of halogens is 3. The second-order valence-electron chi connectivity index (χ2n) is 2.90. The Bertz CT molecular complexity index is 485. The Morgan fingerprint density at radius 3 is 2.79 bits per heavy atom. The molecule has 0 aliphatic heterocycles. The first-order chi connectivity index (χ1) is 6.70. The van der Waals surface area contributed by atoms with Gasteiger partial charge in [-0.1, -0.05) is 11.6 Å². The number of pyridine rings is 1. The first kappa shape index (κ1) is 9.69. The third kappa shape index (κ3) is 1.68. The van der Waals surface area contributed by atoms with Gasteiger partial charge < -0.3 is 0 Å². The van der Waals surface area contributed by atoms with Gasteiger partial charge in [-0.3, -0.25) is 0 Å². The Balaban J connectivity index is 2.81. The van der Waals surface area contributed by atoms with Crippen LogP contribution in [-0.4, -0.2) is 4.98 Å². The van der Waals surface area contributed by atoms with Crippen molar-refractivity contribution < 1.29 is 4.39 Å². The van der Waals surface area contributed by atoms with Gasteiger partial charge in [-0.25, -0.2) is 9.37 Å². The second kappa shape index (κ2) is 3.71. The van der Waals surface area contributed by atoms with Crippen LogP contribution in [0.4, 0.5) is 4.39 Å². The smallest absolute Gasteiger partial charge is 0.130 e. The van der Waals surface area contributed by atoms with Gasteiger partial charge in [0, 0.05) is 11.3 Å². The highest BCUT2D eigenvalue weighted by Crippen LogP contribution is 2.23. The normalized spacial score (nSPS) is 10.8. The number of hydrogen-bond donors (Lipinski definition) is 0. The van der Waals surface area contributed by atoms with Crippen LogP contribution < -0.4 is 0 Å². The Labute approximate surface area is 90.5 Å². The zero-order valence-electron chi connectivity index (χ0n) is 7.10. The van der Waals surface area contributed by atoms with Crippen LogP contribution in [-0.2, 0) is 5.88 Å². The molecule has 2 aromatic rings. The topological polar surface area (TPSA) is 12.9 Å². The molecule has 0 spiro atoms. The molecular formula is C10H6Cl2FN. The lowest BCUT2D eigenvalue weighted by atomic mass is 10.1. The average molecular weight is 230 g/mol. The van der Waals surface area contributed by atoms with Gasteiger partial charge in [0.1, 0.15) is 11.0 Å². The van der Waals surface area contributed by atoms with E-state index in [1.54, 1.807) is 12.1 Å². The van der Waals surface area contributed by atoms with Crippen LogP contribution in [0.15, 0.2) is 24.3 Å². The number of fused-ring (bicyclic) bond motifs is 1. The first-order valence-electron chi connectivity index (χ1n) is 4.01. The van der Waals surface area contributed by atoms with Crippen molar-refractivity contribution in [2.75, 3.05) is 0 Å². The largest absolute Gasteiger partial charge is 0.236 e. The summed E-state index contributed by atoms with van der Waals surface area (Å²) < 4.78 is 12.9. The van der Waals surface area contributed by atoms with Crippen molar-refractivity contribution in [3.8, 4) is 0 Å². The molecule has 1 nitrogen and oxygen atoms in total. The number of aromatic nitrogens is 1. The Hall–Kier alpha value is -0.860. The number of benzene rings is 1. The molecule has 0 amide bonds. The van der Waals surface area contributed by atoms with Crippen molar-refractivity contribution in [2.24, 2.45) is 0 Å². The van der Waals surface area contributed by atoms with Gasteiger partial charge in [0.25, 0.3) is 0 Å². The van der Waals surface area contributed by atoms with Crippen LogP contribution in [0, 0.1) is 5.82 Å². The highest BCUT2D eigenvalue weighted by molar-refractivity contribution is 6.30. The lowest BCUT2D eigenvalue weighted by Crippen LogP contribution is -1.88. The van der Waals surface area contributed by atoms with Gasteiger partial charge in [0.2, 0.25) is 0 Å². The maximum atomic E-state index is 12.9. The van der Waals surface area contributed by atoms with Gasteiger partial charge in [0.15, 0.2) is 0 Å². The molecule has 0 aliphatic rings. The molecule has 0 unspecified atom stereocenters. The molecule has 0 aliphatic carbocycles. The number of hydrogen-bond acceptors (Lipinski definition) is 1. The number of rotatable bonds is 1. The third-order valence-electron chi connectivity index (χ3n) is 1.97. The molecule has 1 aromatic heterocycles. The van der Waals surface area contributed by atoms with Crippen molar-refractivity contribution in [1.82, 2.24) is 4.98 Å². The summed E-state index contributed by atoms with van der Waals surface area (Å²) in [5.74, 6) is -0.00432. The Kier molecular flexibility index (Phi) is 2.57. The zero-order valence-corrected chi connectivity index (χ0v) is 8.61. The molecule has 14 heavy (non-hydrogen) atoms. The predicted octanol–water partition coefficient (Wildman–Crippen LogP) is 3.77. The van der Waals surface area contributed by atoms with E-state index in [0.29, 0.717) is 21.9 Å². The zero-order chi connectivity index (χ0) is 10.1. The summed E-state index contributed by atoms with van der Waals surface area (Å²) in [5, 5.41) is 1.09. The summed E-state index contributed by atoms with van der Waals surface area (Å²) in [5.41, 5.74) is 1.45. The van der Waals surface area contributed by atoms with E-state index >= 15 is 0 Å². The maximum Gasteiger partial charge on any atom is 0.130 e. The highest BCUT2D eigenvalue weighted by atomic mass is 35.5. The minimum Gasteiger partial charge on any atom is -0.236 e. The quantitative estimate of drug-likeness (QED) is 0.536. The van der Waals surface area contributed by atoms with E-state index < -0.39 is 0 Å². The van der Waals surface area contributed by atoms with Crippen LogP contribution >= 0.6 is 23.2 Å². The molecule has 0 radical (unpaired) electrons. The van der Waals surface area contributed by atoms with E-state index in [1.807, 2.05) is 0 Å². The fraction of sp³-hybridized carbons (Fsp3) is 0.100. The molecule has 72 valence electrons. The highest BCUT2D eigenvalue weighted by Gasteiger charge is 2.04. The fourth-order valence-corrected chi connectivity index (χ4v) is 1.79. The van der Waals surface area contributed by atoms with Crippen molar-refractivity contribution in [3.05, 3.63) is 40.8 Å². The fourth-order valence-electron chi connectivity index (χ4n) is 1.34. The summed E-state index contributed by atoms with van der Waals surface area (Å²) in [6, 6.07) is 6.00. The standard InChI is InChI=1S/C10H6Cl2FN/c11-5-6-3-10(12)14-9-2-1-7(13)4-8(6)9/h1-4H,5H2. The molecule has 0 N–H and O–H groups in total. The van der Waals surface area contributed by atoms with Gasteiger partial charge in [0.05, 0.1) is 5.52 Å². The lowest BCUT2D eigenvalue weighted by Gasteiger charge is -2.03. The van der Waals surface area contributed by atoms with E-state index in [9.17, 15) is 4.39 Å². The van der Waals surface area contributed by atoms with Gasteiger partial charge in [-0.05, 0) is 29.8 Å². The van der Waals surface area contributed by atoms with E-state index in [0.717, 1.165) is 5.56 Å². The minimum absolute atomic E-state index is 0.294. The van der Waals surface area contributed by atoms with Gasteiger partial charge in [-0.2, -0.15) is 0 Å². The van der Waals surface area contributed by atoms with Gasteiger partial charge >= 0.3 is 0 Å². The Morgan fingerprint density at radius 2 is 2.07 bits per heavy atom. The van der Waals surface area contributed by atoms with Crippen molar-refractivity contribution in [1.29, 1.82) is 0 Å². The summed E-state index contributed by atoms with van der Waals surface area (Å²) in [6.07, 6.45) is 0. The molecule has 0 fully saturated rings. The average Bonchev–Trinajstić information content (AvgIpc) is 2.17. The maximum absolute atomic E-state index is 12.9. The van der Waals surface area contributed by atoms with E-state index in [1.165, 1.54) is 12.1 Å². The molecule has 4 heteroatoms. The summed E-state index contributed by atoms with van der Waals surface area (Å²) in [7, 11) is 0. The van der Waals surface area contributed by atoms with E-state index in [4.69, 9.17) is 23.2 Å². The molecule has 0 bridgehead atoms. The summed E-state index contributed by atoms with van der Waals surface area (Å²) in [4.78, 5) is 4.07. The van der Waals surface area contributed by atoms with E-state index in [-0.39, 0.29) is 5.82 Å². The van der Waals surface area contributed by atoms with Gasteiger partial charge in [-0.15, -0.1) is 11.6 Å². The van der Waals surface area contributed by atoms with Crippen molar-refractivity contribution in [3.63, 3.8) is 0 Å². The van der Waals surface area contributed by atoms with Crippen LogP contribution in [0.2, 0.25) is 5.15 Å². The van der Waals surface area contributed by atoms with Crippen molar-refractivity contribution in [2.45, 2.75) is 5.88 Å². The third-order valence-corrected chi connectivity index (χ3v) is 2.45. The number of alkyl halides is 1. The summed E-state index contributed by atoms with van der Waals surface area (Å²) in [6.45, 7) is 0. The first-order valence-corrected chi connectivity index (χ1v) is 4.92. The number of nitrogens with zero attached hydrogens (tertiary/aromatic N) is 1. The summed E-state index contributed by atoms with van der Waals surface area (Å²) >= 11 is 11.5. The molecule has 1 heterocycles. The van der Waals surface area contributed by atoms with Crippen LogP contribution in [0.5, 0.6) is 0 Å². The van der Waals surface area contributed by atoms with Crippen LogP contribution in [0.25, 0.3) is 10.9 Å². The van der Waals surface area contributed by atoms with Crippen LogP contribution in [0.3, 0.4) is 0 Å². The molecular weight excluding hydrogens is 224 g/mol. The van der Waals surface area contributed by atoms with Crippen molar-refractivity contribution >= 4 is 34.1 Å². The van der Waals surface area contributed by atoms with Crippen LogP contribution in [0.1, 0.15) is 5.56 Å². The second-order valence-corrected chi connectivity index (χ2v) is 3.55. The molecule has 0 saturated carbocycles. The molecule has 1 aromatic carbocycles. The molecule has 2 rings (SSSR count). The van der Waals surface area contributed by atoms with E-state index in [2.05, 4.69) is 4.98 Å². The SMILES string of the molecule is Fc1ccc2nc(Cl)cc(CCl)c2c1. The monoisotopic (exact) mass is 229 g/mol. The lowest BCUT2D eigenvalue weighted by molar-refractivity contribution is 0.629. The predicted molar refractivity (Wildman–Crippen MR) is 56.3 cm³/mol. The molecule has 0 atom stereocenters. The minimum atomic E-state index is -0.298. The molecule has 0 saturated heterocycles. The Morgan fingerprint density at radius 1 is 1.29 bits per heavy atom.